The molecule has 0 saturated heterocycles. The molecule has 0 aliphatic carbocycles. The second-order valence-electron chi connectivity index (χ2n) is 6.46. The van der Waals surface area contributed by atoms with Gasteiger partial charge in [0.1, 0.15) is 0 Å². The first-order chi connectivity index (χ1) is 9.78. The average Bonchev–Trinajstić information content (AvgIpc) is 2.38. The molecule has 0 amide bonds. The van der Waals surface area contributed by atoms with Gasteiger partial charge in [0, 0.05) is 18.8 Å². The van der Waals surface area contributed by atoms with Crippen LogP contribution in [0.1, 0.15) is 60.3 Å². The monoisotopic (exact) mass is 296 g/mol. The van der Waals surface area contributed by atoms with E-state index >= 15 is 0 Å². The zero-order valence-corrected chi connectivity index (χ0v) is 13.8. The molecular weight excluding hydrogens is 268 g/mol. The molecule has 4 nitrogen and oxygen atoms in total. The first-order valence-corrected chi connectivity index (χ1v) is 7.67. The summed E-state index contributed by atoms with van der Waals surface area (Å²) in [6.07, 6.45) is 9.82. The number of rotatable bonds is 7. The summed E-state index contributed by atoms with van der Waals surface area (Å²) in [6, 6.07) is 0. The van der Waals surface area contributed by atoms with Gasteiger partial charge in [-0.05, 0) is 18.6 Å². The topological polar surface area (TPSA) is 44.8 Å². The normalized spacial score (nSPS) is 20.7. The van der Waals surface area contributed by atoms with Crippen molar-refractivity contribution >= 4 is 5.97 Å². The van der Waals surface area contributed by atoms with Gasteiger partial charge in [-0.3, -0.25) is 9.53 Å². The van der Waals surface area contributed by atoms with Crippen LogP contribution in [0, 0.1) is 5.41 Å². The molecule has 0 saturated carbocycles. The van der Waals surface area contributed by atoms with Crippen LogP contribution in [0.5, 0.6) is 0 Å². The van der Waals surface area contributed by atoms with Crippen molar-refractivity contribution in [3.63, 3.8) is 0 Å². The highest BCUT2D eigenvalue weighted by molar-refractivity contribution is 5.69. The molecule has 0 aromatic heterocycles. The van der Waals surface area contributed by atoms with Gasteiger partial charge in [-0.1, -0.05) is 46.6 Å². The van der Waals surface area contributed by atoms with Crippen LogP contribution in [0.25, 0.3) is 0 Å². The van der Waals surface area contributed by atoms with E-state index in [4.69, 9.17) is 14.2 Å². The lowest BCUT2D eigenvalue weighted by atomic mass is 9.86. The zero-order valence-electron chi connectivity index (χ0n) is 13.8. The third-order valence-corrected chi connectivity index (χ3v) is 3.67. The summed E-state index contributed by atoms with van der Waals surface area (Å²) in [7, 11) is 0. The molecule has 1 rings (SSSR count). The Hall–Kier alpha value is -1.29. The summed E-state index contributed by atoms with van der Waals surface area (Å²) in [4.78, 5) is 12.0. The molecule has 0 bridgehead atoms. The minimum Gasteiger partial charge on any atom is -0.469 e. The molecule has 0 fully saturated rings. The van der Waals surface area contributed by atoms with Crippen LogP contribution in [-0.2, 0) is 19.0 Å². The summed E-state index contributed by atoms with van der Waals surface area (Å²) in [6.45, 7) is 9.84. The predicted octanol–water partition coefficient (Wildman–Crippen LogP) is 4.32. The van der Waals surface area contributed by atoms with Crippen molar-refractivity contribution in [2.45, 2.75) is 72.4 Å². The Morgan fingerprint density at radius 1 is 1.19 bits per heavy atom. The van der Waals surface area contributed by atoms with E-state index in [0.29, 0.717) is 6.42 Å². The fourth-order valence-electron chi connectivity index (χ4n) is 1.80. The Kier molecular flexibility index (Phi) is 6.46. The predicted molar refractivity (Wildman–Crippen MR) is 82.3 cm³/mol. The van der Waals surface area contributed by atoms with Gasteiger partial charge in [0.25, 0.3) is 0 Å². The number of allylic oxidation sites excluding steroid dienone is 2. The number of esters is 1. The van der Waals surface area contributed by atoms with Gasteiger partial charge < -0.3 is 9.47 Å². The highest BCUT2D eigenvalue weighted by Crippen LogP contribution is 2.36. The molecule has 1 aliphatic heterocycles. The van der Waals surface area contributed by atoms with Crippen molar-refractivity contribution in [1.29, 1.82) is 0 Å². The highest BCUT2D eigenvalue weighted by atomic mass is 16.8. The van der Waals surface area contributed by atoms with Crippen molar-refractivity contribution in [2.75, 3.05) is 0 Å². The summed E-state index contributed by atoms with van der Waals surface area (Å²) in [5.74, 6) is -1.27. The van der Waals surface area contributed by atoms with E-state index in [-0.39, 0.29) is 11.4 Å². The number of carbonyl (C=O) groups excluding carboxylic acids is 1. The lowest BCUT2D eigenvalue weighted by Gasteiger charge is -2.42. The maximum Gasteiger partial charge on any atom is 0.308 e. The molecule has 2 atom stereocenters. The van der Waals surface area contributed by atoms with Gasteiger partial charge in [0.05, 0.1) is 6.26 Å². The summed E-state index contributed by atoms with van der Waals surface area (Å²) in [5.41, 5.74) is -0.369. The molecule has 21 heavy (non-hydrogen) atoms. The third kappa shape index (κ3) is 5.54. The number of hydrogen-bond donors (Lipinski definition) is 0. The standard InChI is InChI=1S/C17H28O4/c1-6-7-8-11-14(18)20-17(5,16(2,3)4)21-15-12-9-10-13-19-15/h9-10,12-13,15H,6-8,11H2,1-5H3. The van der Waals surface area contributed by atoms with Gasteiger partial charge in [0.15, 0.2) is 0 Å². The maximum atomic E-state index is 12.0. The van der Waals surface area contributed by atoms with Crippen LogP contribution in [0.2, 0.25) is 0 Å². The van der Waals surface area contributed by atoms with E-state index in [1.54, 1.807) is 25.3 Å². The Morgan fingerprint density at radius 2 is 1.90 bits per heavy atom. The van der Waals surface area contributed by atoms with Crippen molar-refractivity contribution in [2.24, 2.45) is 5.41 Å². The molecule has 1 aliphatic rings. The summed E-state index contributed by atoms with van der Waals surface area (Å²) in [5, 5.41) is 0. The van der Waals surface area contributed by atoms with Gasteiger partial charge in [0.2, 0.25) is 12.1 Å². The Bertz CT molecular complexity index is 392. The molecule has 120 valence electrons. The SMILES string of the molecule is CCCCCC(=O)OC(C)(OC1C=CC=CO1)C(C)(C)C. The van der Waals surface area contributed by atoms with Gasteiger partial charge in [-0.25, -0.2) is 0 Å². The second kappa shape index (κ2) is 7.64. The number of hydrogen-bond acceptors (Lipinski definition) is 4. The number of carbonyl (C=O) groups is 1. The molecule has 0 spiro atoms. The first-order valence-electron chi connectivity index (χ1n) is 7.67. The van der Waals surface area contributed by atoms with Gasteiger partial charge >= 0.3 is 5.97 Å². The van der Waals surface area contributed by atoms with E-state index in [1.165, 1.54) is 0 Å². The molecule has 1 heterocycles. The maximum absolute atomic E-state index is 12.0. The van der Waals surface area contributed by atoms with Crippen LogP contribution in [0.15, 0.2) is 24.5 Å². The minimum absolute atomic E-state index is 0.226. The summed E-state index contributed by atoms with van der Waals surface area (Å²) < 4.78 is 16.9. The Labute approximate surface area is 128 Å². The van der Waals surface area contributed by atoms with Crippen molar-refractivity contribution < 1.29 is 19.0 Å². The lowest BCUT2D eigenvalue weighted by Crippen LogP contribution is -2.49. The fourth-order valence-corrected chi connectivity index (χ4v) is 1.80. The van der Waals surface area contributed by atoms with E-state index < -0.39 is 12.1 Å². The molecule has 2 unspecified atom stereocenters. The molecule has 0 aromatic rings. The number of unbranched alkanes of at least 4 members (excludes halogenated alkanes) is 2. The smallest absolute Gasteiger partial charge is 0.308 e. The van der Waals surface area contributed by atoms with E-state index in [0.717, 1.165) is 19.3 Å². The summed E-state index contributed by atoms with van der Waals surface area (Å²) >= 11 is 0. The molecule has 0 radical (unpaired) electrons. The first kappa shape index (κ1) is 17.8. The number of ether oxygens (including phenoxy) is 3. The van der Waals surface area contributed by atoms with E-state index in [1.807, 2.05) is 26.8 Å². The van der Waals surface area contributed by atoms with E-state index in [2.05, 4.69) is 6.92 Å². The van der Waals surface area contributed by atoms with Crippen LogP contribution < -0.4 is 0 Å². The average molecular weight is 296 g/mol. The van der Waals surface area contributed by atoms with Crippen LogP contribution in [-0.4, -0.2) is 18.0 Å². The highest BCUT2D eigenvalue weighted by Gasteiger charge is 2.44. The van der Waals surface area contributed by atoms with Crippen molar-refractivity contribution in [1.82, 2.24) is 0 Å². The molecule has 4 heteroatoms. The largest absolute Gasteiger partial charge is 0.469 e. The quantitative estimate of drug-likeness (QED) is 0.399. The molecule has 0 N–H and O–H groups in total. The van der Waals surface area contributed by atoms with Gasteiger partial charge in [-0.2, -0.15) is 0 Å². The van der Waals surface area contributed by atoms with Crippen LogP contribution in [0.3, 0.4) is 0 Å². The fraction of sp³-hybridized carbons (Fsp3) is 0.706. The second-order valence-corrected chi connectivity index (χ2v) is 6.46. The molecule has 0 aromatic carbocycles. The van der Waals surface area contributed by atoms with Gasteiger partial charge in [-0.15, -0.1) is 0 Å². The minimum atomic E-state index is -1.05. The van der Waals surface area contributed by atoms with Crippen molar-refractivity contribution in [3.05, 3.63) is 24.5 Å². The lowest BCUT2D eigenvalue weighted by molar-refractivity contribution is -0.306. The van der Waals surface area contributed by atoms with Crippen molar-refractivity contribution in [3.8, 4) is 0 Å². The van der Waals surface area contributed by atoms with E-state index in [9.17, 15) is 4.79 Å². The Balaban J connectivity index is 2.67. The van der Waals surface area contributed by atoms with Crippen LogP contribution >= 0.6 is 0 Å². The molecular formula is C17H28O4. The Morgan fingerprint density at radius 3 is 2.43 bits per heavy atom. The van der Waals surface area contributed by atoms with Crippen LogP contribution in [0.4, 0.5) is 0 Å². The zero-order chi connectivity index (χ0) is 15.9. The third-order valence-electron chi connectivity index (χ3n) is 3.67.